The normalized spacial score (nSPS) is 10.9. The largest absolute Gasteiger partial charge is 0.238 e. The summed E-state index contributed by atoms with van der Waals surface area (Å²) in [6.07, 6.45) is -0.185. The van der Waals surface area contributed by atoms with Crippen molar-refractivity contribution < 1.29 is 12.8 Å². The minimum Gasteiger partial charge on any atom is -0.225 e. The predicted octanol–water partition coefficient (Wildman–Crippen LogP) is 0.539. The standard InChI is InChI=1S/C8H7FN2O2S/c9-8-2-1-7(14(11,12)13)5-6(8)3-4-10/h1-2,5H,3H2,(H2,11,12,13). The van der Waals surface area contributed by atoms with E-state index in [4.69, 9.17) is 10.4 Å². The van der Waals surface area contributed by atoms with Crippen LogP contribution in [-0.2, 0) is 16.4 Å². The molecular formula is C8H7FN2O2S. The highest BCUT2D eigenvalue weighted by molar-refractivity contribution is 7.89. The Balaban J connectivity index is 3.28. The zero-order valence-electron chi connectivity index (χ0n) is 7.07. The van der Waals surface area contributed by atoms with Crippen LogP contribution < -0.4 is 5.14 Å². The minimum atomic E-state index is -3.84. The highest BCUT2D eigenvalue weighted by Gasteiger charge is 2.10. The van der Waals surface area contributed by atoms with Gasteiger partial charge in [-0.1, -0.05) is 0 Å². The number of sulfonamides is 1. The Labute approximate surface area is 80.8 Å². The maximum atomic E-state index is 13.0. The van der Waals surface area contributed by atoms with Gasteiger partial charge in [0.15, 0.2) is 0 Å². The van der Waals surface area contributed by atoms with Crippen LogP contribution in [0, 0.1) is 17.1 Å². The van der Waals surface area contributed by atoms with E-state index in [1.807, 2.05) is 0 Å². The summed E-state index contributed by atoms with van der Waals surface area (Å²) in [6.45, 7) is 0. The molecule has 4 nitrogen and oxygen atoms in total. The fraction of sp³-hybridized carbons (Fsp3) is 0.125. The number of halogens is 1. The Bertz CT molecular complexity index is 491. The molecule has 0 aliphatic carbocycles. The minimum absolute atomic E-state index is 0.0269. The summed E-state index contributed by atoms with van der Waals surface area (Å²) < 4.78 is 34.7. The van der Waals surface area contributed by atoms with Crippen LogP contribution in [0.3, 0.4) is 0 Å². The first-order valence-electron chi connectivity index (χ1n) is 3.63. The van der Waals surface area contributed by atoms with E-state index in [1.165, 1.54) is 0 Å². The van der Waals surface area contributed by atoms with Gasteiger partial charge in [-0.15, -0.1) is 0 Å². The molecule has 74 valence electrons. The summed E-state index contributed by atoms with van der Waals surface area (Å²) in [5, 5.41) is 13.2. The van der Waals surface area contributed by atoms with E-state index >= 15 is 0 Å². The molecule has 0 aliphatic heterocycles. The molecule has 0 heterocycles. The molecule has 1 aromatic carbocycles. The van der Waals surface area contributed by atoms with Gasteiger partial charge < -0.3 is 0 Å². The summed E-state index contributed by atoms with van der Waals surface area (Å²) in [5.41, 5.74) is 0.0269. The van der Waals surface area contributed by atoms with Gasteiger partial charge in [-0.05, 0) is 18.2 Å². The van der Waals surface area contributed by atoms with Gasteiger partial charge in [-0.2, -0.15) is 5.26 Å². The number of rotatable bonds is 2. The second-order valence-corrected chi connectivity index (χ2v) is 4.19. The van der Waals surface area contributed by atoms with Crippen LogP contribution in [0.25, 0.3) is 0 Å². The fourth-order valence-corrected chi connectivity index (χ4v) is 1.51. The molecule has 1 aromatic rings. The smallest absolute Gasteiger partial charge is 0.225 e. The van der Waals surface area contributed by atoms with Crippen molar-refractivity contribution in [2.45, 2.75) is 11.3 Å². The van der Waals surface area contributed by atoms with Crippen LogP contribution in [0.2, 0.25) is 0 Å². The van der Waals surface area contributed by atoms with Gasteiger partial charge in [0.05, 0.1) is 17.4 Å². The Morgan fingerprint density at radius 1 is 1.50 bits per heavy atom. The molecule has 1 rings (SSSR count). The predicted molar refractivity (Wildman–Crippen MR) is 47.1 cm³/mol. The van der Waals surface area contributed by atoms with E-state index in [2.05, 4.69) is 0 Å². The number of nitrogens with zero attached hydrogens (tertiary/aromatic N) is 1. The van der Waals surface area contributed by atoms with Crippen molar-refractivity contribution in [2.75, 3.05) is 0 Å². The Morgan fingerprint density at radius 3 is 2.64 bits per heavy atom. The summed E-state index contributed by atoms with van der Waals surface area (Å²) >= 11 is 0. The second kappa shape index (κ2) is 3.74. The quantitative estimate of drug-likeness (QED) is 0.779. The van der Waals surface area contributed by atoms with Crippen molar-refractivity contribution in [3.63, 3.8) is 0 Å². The Kier molecular flexibility index (Phi) is 2.84. The molecule has 0 fully saturated rings. The van der Waals surface area contributed by atoms with Crippen LogP contribution in [0.4, 0.5) is 4.39 Å². The van der Waals surface area contributed by atoms with E-state index < -0.39 is 15.8 Å². The number of primary sulfonamides is 1. The third-order valence-corrected chi connectivity index (χ3v) is 2.53. The molecular weight excluding hydrogens is 207 g/mol. The first-order chi connectivity index (χ1) is 6.45. The van der Waals surface area contributed by atoms with Crippen molar-refractivity contribution in [1.82, 2.24) is 0 Å². The number of hydrogen-bond donors (Lipinski definition) is 1. The molecule has 0 radical (unpaired) electrons. The van der Waals surface area contributed by atoms with Crippen molar-refractivity contribution in [1.29, 1.82) is 5.26 Å². The highest BCUT2D eigenvalue weighted by atomic mass is 32.2. The zero-order chi connectivity index (χ0) is 10.8. The molecule has 0 saturated heterocycles. The monoisotopic (exact) mass is 214 g/mol. The molecule has 0 amide bonds. The van der Waals surface area contributed by atoms with Crippen molar-refractivity contribution in [2.24, 2.45) is 5.14 Å². The van der Waals surface area contributed by atoms with E-state index in [-0.39, 0.29) is 16.9 Å². The van der Waals surface area contributed by atoms with Crippen molar-refractivity contribution in [3.8, 4) is 6.07 Å². The van der Waals surface area contributed by atoms with Gasteiger partial charge in [0.1, 0.15) is 5.82 Å². The summed E-state index contributed by atoms with van der Waals surface area (Å²) in [5.74, 6) is -0.612. The highest BCUT2D eigenvalue weighted by Crippen LogP contribution is 2.14. The van der Waals surface area contributed by atoms with Gasteiger partial charge in [0.2, 0.25) is 10.0 Å². The first-order valence-corrected chi connectivity index (χ1v) is 5.18. The molecule has 0 atom stereocenters. The lowest BCUT2D eigenvalue weighted by Crippen LogP contribution is -2.12. The molecule has 14 heavy (non-hydrogen) atoms. The fourth-order valence-electron chi connectivity index (χ4n) is 0.949. The SMILES string of the molecule is N#CCc1cc(S(N)(=O)=O)ccc1F. The Morgan fingerprint density at radius 2 is 2.14 bits per heavy atom. The molecule has 0 unspecified atom stereocenters. The third kappa shape index (κ3) is 2.28. The lowest BCUT2D eigenvalue weighted by molar-refractivity contribution is 0.594. The van der Waals surface area contributed by atoms with E-state index in [0.29, 0.717) is 0 Å². The average Bonchev–Trinajstić information content (AvgIpc) is 2.07. The number of hydrogen-bond acceptors (Lipinski definition) is 3. The van der Waals surface area contributed by atoms with Gasteiger partial charge in [-0.25, -0.2) is 17.9 Å². The van der Waals surface area contributed by atoms with Gasteiger partial charge in [0, 0.05) is 5.56 Å². The third-order valence-electron chi connectivity index (χ3n) is 1.62. The average molecular weight is 214 g/mol. The Hall–Kier alpha value is -1.45. The van der Waals surface area contributed by atoms with Crippen molar-refractivity contribution in [3.05, 3.63) is 29.6 Å². The topological polar surface area (TPSA) is 83.9 Å². The van der Waals surface area contributed by atoms with Crippen LogP contribution >= 0.6 is 0 Å². The van der Waals surface area contributed by atoms with E-state index in [1.54, 1.807) is 6.07 Å². The molecule has 0 spiro atoms. The maximum Gasteiger partial charge on any atom is 0.238 e. The molecule has 2 N–H and O–H groups in total. The van der Waals surface area contributed by atoms with E-state index in [9.17, 15) is 12.8 Å². The second-order valence-electron chi connectivity index (χ2n) is 2.63. The number of benzene rings is 1. The van der Waals surface area contributed by atoms with Crippen LogP contribution in [0.1, 0.15) is 5.56 Å². The molecule has 6 heteroatoms. The van der Waals surface area contributed by atoms with Crippen molar-refractivity contribution >= 4 is 10.0 Å². The first kappa shape index (κ1) is 10.6. The van der Waals surface area contributed by atoms with Crippen LogP contribution in [0.5, 0.6) is 0 Å². The lowest BCUT2D eigenvalue weighted by atomic mass is 10.1. The van der Waals surface area contributed by atoms with Crippen LogP contribution in [0.15, 0.2) is 23.1 Å². The summed E-state index contributed by atoms with van der Waals surface area (Å²) in [4.78, 5) is -0.191. The summed E-state index contributed by atoms with van der Waals surface area (Å²) in [6, 6.07) is 4.83. The molecule has 0 aliphatic rings. The van der Waals surface area contributed by atoms with Gasteiger partial charge in [0.25, 0.3) is 0 Å². The number of nitriles is 1. The van der Waals surface area contributed by atoms with E-state index in [0.717, 1.165) is 18.2 Å². The molecule has 0 bridgehead atoms. The summed E-state index contributed by atoms with van der Waals surface area (Å²) in [7, 11) is -3.84. The zero-order valence-corrected chi connectivity index (χ0v) is 7.88. The molecule has 0 aromatic heterocycles. The van der Waals surface area contributed by atoms with Gasteiger partial charge in [-0.3, -0.25) is 0 Å². The van der Waals surface area contributed by atoms with Crippen LogP contribution in [-0.4, -0.2) is 8.42 Å². The maximum absolute atomic E-state index is 13.0. The van der Waals surface area contributed by atoms with Gasteiger partial charge >= 0.3 is 0 Å². The number of nitrogens with two attached hydrogens (primary N) is 1. The molecule has 0 saturated carbocycles. The lowest BCUT2D eigenvalue weighted by Gasteiger charge is -2.01.